The number of halogens is 1. The average Bonchev–Trinajstić information content (AvgIpc) is 2.60. The summed E-state index contributed by atoms with van der Waals surface area (Å²) in [4.78, 5) is 24.6. The third-order valence-electron chi connectivity index (χ3n) is 4.18. The number of rotatable bonds is 3. The molecular weight excluding hydrogens is 313 g/mol. The van der Waals surface area contributed by atoms with Gasteiger partial charge < -0.3 is 10.2 Å². The van der Waals surface area contributed by atoms with Crippen molar-refractivity contribution in [3.63, 3.8) is 0 Å². The summed E-state index contributed by atoms with van der Waals surface area (Å²) in [6.45, 7) is 1.13. The number of hydrogen-bond acceptors (Lipinski definition) is 4. The summed E-state index contributed by atoms with van der Waals surface area (Å²) in [5.74, 6) is -0.637. The van der Waals surface area contributed by atoms with Crippen LogP contribution in [0.15, 0.2) is 36.4 Å². The molecule has 0 saturated heterocycles. The van der Waals surface area contributed by atoms with Crippen molar-refractivity contribution in [2.24, 2.45) is 0 Å². The number of non-ortho nitro benzene ring substituents is 1. The van der Waals surface area contributed by atoms with Crippen LogP contribution in [0.4, 0.5) is 15.8 Å². The van der Waals surface area contributed by atoms with Crippen LogP contribution >= 0.6 is 0 Å². The zero-order chi connectivity index (χ0) is 17.3. The molecule has 1 N–H and O–H groups in total. The van der Waals surface area contributed by atoms with Crippen LogP contribution in [-0.4, -0.2) is 24.4 Å². The number of nitrogens with zero attached hydrogens (tertiary/aromatic N) is 2. The van der Waals surface area contributed by atoms with Gasteiger partial charge in [0, 0.05) is 32.3 Å². The number of carbonyl (C=O) groups excluding carboxylic acids is 1. The number of benzene rings is 2. The summed E-state index contributed by atoms with van der Waals surface area (Å²) in [5, 5.41) is 13.5. The highest BCUT2D eigenvalue weighted by Gasteiger charge is 2.23. The molecule has 24 heavy (non-hydrogen) atoms. The van der Waals surface area contributed by atoms with E-state index in [1.807, 2.05) is 4.90 Å². The van der Waals surface area contributed by atoms with Crippen LogP contribution in [0.2, 0.25) is 0 Å². The molecule has 3 rings (SSSR count). The monoisotopic (exact) mass is 329 g/mol. The molecule has 1 heterocycles. The van der Waals surface area contributed by atoms with Crippen LogP contribution in [-0.2, 0) is 13.0 Å². The van der Waals surface area contributed by atoms with Gasteiger partial charge in [-0.3, -0.25) is 14.9 Å². The topological polar surface area (TPSA) is 75.5 Å². The second kappa shape index (κ2) is 6.27. The van der Waals surface area contributed by atoms with Crippen LogP contribution in [0.3, 0.4) is 0 Å². The van der Waals surface area contributed by atoms with E-state index in [9.17, 15) is 19.3 Å². The molecule has 0 atom stereocenters. The standard InChI is InChI=1S/C17H16FN3O3/c1-19-17(22)15-9-14(21(23)24)4-5-16(15)20-7-6-11-8-13(18)3-2-12(11)10-20/h2-5,8-9H,6-7,10H2,1H3,(H,19,22). The molecular formula is C17H16FN3O3. The number of fused-ring (bicyclic) bond motifs is 1. The van der Waals surface area contributed by atoms with Gasteiger partial charge in [-0.05, 0) is 35.7 Å². The number of nitro groups is 1. The predicted molar refractivity (Wildman–Crippen MR) is 87.6 cm³/mol. The fourth-order valence-corrected chi connectivity index (χ4v) is 2.96. The van der Waals surface area contributed by atoms with E-state index in [0.29, 0.717) is 25.2 Å². The zero-order valence-corrected chi connectivity index (χ0v) is 13.1. The second-order valence-electron chi connectivity index (χ2n) is 5.62. The quantitative estimate of drug-likeness (QED) is 0.694. The lowest BCUT2D eigenvalue weighted by molar-refractivity contribution is -0.384. The van der Waals surface area contributed by atoms with E-state index in [1.165, 1.54) is 31.3 Å². The van der Waals surface area contributed by atoms with Gasteiger partial charge in [-0.2, -0.15) is 0 Å². The van der Waals surface area contributed by atoms with Gasteiger partial charge in [0.25, 0.3) is 11.6 Å². The normalized spacial score (nSPS) is 13.3. The molecule has 2 aromatic rings. The minimum absolute atomic E-state index is 0.128. The molecule has 1 amide bonds. The Morgan fingerprint density at radius 2 is 2.04 bits per heavy atom. The summed E-state index contributed by atoms with van der Waals surface area (Å²) in [6.07, 6.45) is 0.650. The molecule has 0 aliphatic carbocycles. The SMILES string of the molecule is CNC(=O)c1cc([N+](=O)[O-])ccc1N1CCc2cc(F)ccc2C1. The Hall–Kier alpha value is -2.96. The van der Waals surface area contributed by atoms with E-state index in [4.69, 9.17) is 0 Å². The molecule has 0 aromatic heterocycles. The number of hydrogen-bond donors (Lipinski definition) is 1. The Kier molecular flexibility index (Phi) is 4.16. The lowest BCUT2D eigenvalue weighted by atomic mass is 9.98. The third-order valence-corrected chi connectivity index (χ3v) is 4.18. The first-order valence-electron chi connectivity index (χ1n) is 7.52. The lowest BCUT2D eigenvalue weighted by Gasteiger charge is -2.32. The van der Waals surface area contributed by atoms with E-state index in [0.717, 1.165) is 11.1 Å². The number of anilines is 1. The molecule has 1 aliphatic heterocycles. The van der Waals surface area contributed by atoms with Gasteiger partial charge >= 0.3 is 0 Å². The molecule has 6 nitrogen and oxygen atoms in total. The summed E-state index contributed by atoms with van der Waals surface area (Å²) in [5.41, 5.74) is 2.71. The van der Waals surface area contributed by atoms with E-state index in [-0.39, 0.29) is 23.0 Å². The molecule has 0 fully saturated rings. The molecule has 2 aromatic carbocycles. The number of carbonyl (C=O) groups is 1. The molecule has 7 heteroatoms. The van der Waals surface area contributed by atoms with Crippen LogP contribution in [0.5, 0.6) is 0 Å². The van der Waals surface area contributed by atoms with Crippen molar-refractivity contribution >= 4 is 17.3 Å². The van der Waals surface area contributed by atoms with Gasteiger partial charge in [-0.25, -0.2) is 4.39 Å². The molecule has 1 aliphatic rings. The molecule has 0 radical (unpaired) electrons. The highest BCUT2D eigenvalue weighted by Crippen LogP contribution is 2.30. The van der Waals surface area contributed by atoms with Crippen molar-refractivity contribution in [3.8, 4) is 0 Å². The molecule has 0 unspecified atom stereocenters. The van der Waals surface area contributed by atoms with Gasteiger partial charge in [0.05, 0.1) is 16.2 Å². The molecule has 0 bridgehead atoms. The van der Waals surface area contributed by atoms with Crippen LogP contribution in [0.25, 0.3) is 0 Å². The zero-order valence-electron chi connectivity index (χ0n) is 13.1. The Morgan fingerprint density at radius 3 is 2.75 bits per heavy atom. The van der Waals surface area contributed by atoms with E-state index in [2.05, 4.69) is 5.32 Å². The predicted octanol–water partition coefficient (Wildman–Crippen LogP) is 2.66. The molecule has 0 saturated carbocycles. The van der Waals surface area contributed by atoms with E-state index in [1.54, 1.807) is 12.1 Å². The minimum Gasteiger partial charge on any atom is -0.366 e. The van der Waals surface area contributed by atoms with Crippen molar-refractivity contribution in [1.29, 1.82) is 0 Å². The maximum atomic E-state index is 13.3. The van der Waals surface area contributed by atoms with Gasteiger partial charge in [-0.1, -0.05) is 6.07 Å². The summed E-state index contributed by atoms with van der Waals surface area (Å²) in [6, 6.07) is 8.95. The lowest BCUT2D eigenvalue weighted by Crippen LogP contribution is -2.32. The Morgan fingerprint density at radius 1 is 1.25 bits per heavy atom. The maximum Gasteiger partial charge on any atom is 0.270 e. The van der Waals surface area contributed by atoms with Gasteiger partial charge in [0.2, 0.25) is 0 Å². The van der Waals surface area contributed by atoms with Crippen LogP contribution in [0.1, 0.15) is 21.5 Å². The number of nitro benzene ring substituents is 1. The van der Waals surface area contributed by atoms with E-state index < -0.39 is 4.92 Å². The van der Waals surface area contributed by atoms with Gasteiger partial charge in [0.15, 0.2) is 0 Å². The first kappa shape index (κ1) is 15.9. The maximum absolute atomic E-state index is 13.3. The van der Waals surface area contributed by atoms with Gasteiger partial charge in [-0.15, -0.1) is 0 Å². The van der Waals surface area contributed by atoms with Gasteiger partial charge in [0.1, 0.15) is 5.82 Å². The Labute approximate surface area is 138 Å². The highest BCUT2D eigenvalue weighted by molar-refractivity contribution is 6.00. The first-order valence-corrected chi connectivity index (χ1v) is 7.52. The van der Waals surface area contributed by atoms with Crippen molar-refractivity contribution in [1.82, 2.24) is 5.32 Å². The Bertz CT molecular complexity index is 823. The fourth-order valence-electron chi connectivity index (χ4n) is 2.96. The second-order valence-corrected chi connectivity index (χ2v) is 5.62. The summed E-state index contributed by atoms with van der Waals surface area (Å²) >= 11 is 0. The third kappa shape index (κ3) is 2.92. The van der Waals surface area contributed by atoms with Crippen molar-refractivity contribution in [3.05, 3.63) is 69.0 Å². The smallest absolute Gasteiger partial charge is 0.270 e. The minimum atomic E-state index is -0.523. The average molecular weight is 329 g/mol. The summed E-state index contributed by atoms with van der Waals surface area (Å²) < 4.78 is 13.3. The van der Waals surface area contributed by atoms with E-state index >= 15 is 0 Å². The largest absolute Gasteiger partial charge is 0.366 e. The summed E-state index contributed by atoms with van der Waals surface area (Å²) in [7, 11) is 1.49. The fraction of sp³-hybridized carbons (Fsp3) is 0.235. The van der Waals surface area contributed by atoms with Crippen molar-refractivity contribution in [2.45, 2.75) is 13.0 Å². The number of nitrogens with one attached hydrogen (secondary N) is 1. The van der Waals surface area contributed by atoms with Crippen LogP contribution in [0, 0.1) is 15.9 Å². The number of amides is 1. The highest BCUT2D eigenvalue weighted by atomic mass is 19.1. The molecule has 0 spiro atoms. The van der Waals surface area contributed by atoms with Crippen LogP contribution < -0.4 is 10.2 Å². The van der Waals surface area contributed by atoms with Crippen molar-refractivity contribution < 1.29 is 14.1 Å². The Balaban J connectivity index is 1.98. The first-order chi connectivity index (χ1) is 11.5. The molecule has 124 valence electrons. The van der Waals surface area contributed by atoms with Crippen molar-refractivity contribution in [2.75, 3.05) is 18.5 Å².